The molecule has 1 N–H and O–H groups in total. The first kappa shape index (κ1) is 20.7. The molecule has 1 aromatic heterocycles. The third-order valence-corrected chi connectivity index (χ3v) is 7.05. The summed E-state index contributed by atoms with van der Waals surface area (Å²) in [5, 5.41) is 15.3. The first-order valence-corrected chi connectivity index (χ1v) is 11.7. The quantitative estimate of drug-likeness (QED) is 0.660. The monoisotopic (exact) mass is 417 g/mol. The van der Waals surface area contributed by atoms with Crippen LogP contribution in [0.5, 0.6) is 0 Å². The minimum absolute atomic E-state index is 0.0357. The van der Waals surface area contributed by atoms with Gasteiger partial charge in [0.05, 0.1) is 31.1 Å². The van der Waals surface area contributed by atoms with Crippen LogP contribution >= 0.6 is 11.3 Å². The van der Waals surface area contributed by atoms with Crippen LogP contribution in [0, 0.1) is 11.8 Å². The van der Waals surface area contributed by atoms with Crippen LogP contribution in [0.15, 0.2) is 38.8 Å². The van der Waals surface area contributed by atoms with Gasteiger partial charge in [-0.25, -0.2) is 0 Å². The second-order valence-electron chi connectivity index (χ2n) is 8.39. The van der Waals surface area contributed by atoms with Crippen molar-refractivity contribution in [1.29, 1.82) is 0 Å². The van der Waals surface area contributed by atoms with Crippen LogP contribution in [-0.4, -0.2) is 44.4 Å². The van der Waals surface area contributed by atoms with Crippen molar-refractivity contribution in [2.24, 2.45) is 22.1 Å². The van der Waals surface area contributed by atoms with E-state index in [1.807, 2.05) is 16.8 Å². The van der Waals surface area contributed by atoms with Crippen molar-refractivity contribution in [1.82, 2.24) is 5.32 Å². The zero-order chi connectivity index (χ0) is 20.1. The highest BCUT2D eigenvalue weighted by molar-refractivity contribution is 7.08. The summed E-state index contributed by atoms with van der Waals surface area (Å²) in [5.41, 5.74) is 1.80. The van der Waals surface area contributed by atoms with Crippen LogP contribution in [-0.2, 0) is 9.47 Å². The minimum atomic E-state index is -0.0848. The van der Waals surface area contributed by atoms with Gasteiger partial charge in [0.25, 0.3) is 5.91 Å². The van der Waals surface area contributed by atoms with Crippen LogP contribution in [0.25, 0.3) is 0 Å². The minimum Gasteiger partial charge on any atom is -0.373 e. The molecule has 3 fully saturated rings. The Bertz CT molecular complexity index is 728. The lowest BCUT2D eigenvalue weighted by atomic mass is 9.86. The third-order valence-electron chi connectivity index (χ3n) is 6.36. The molecule has 1 amide bonds. The molecule has 3 aliphatic rings. The van der Waals surface area contributed by atoms with Gasteiger partial charge in [0.2, 0.25) is 0 Å². The number of allylic oxidation sites excluding steroid dienone is 2. The van der Waals surface area contributed by atoms with Gasteiger partial charge >= 0.3 is 0 Å². The molecule has 4 atom stereocenters. The fourth-order valence-corrected chi connectivity index (χ4v) is 5.45. The molecule has 6 nitrogen and oxygen atoms in total. The smallest absolute Gasteiger partial charge is 0.252 e. The van der Waals surface area contributed by atoms with Gasteiger partial charge in [0.15, 0.2) is 0 Å². The molecule has 0 spiro atoms. The Morgan fingerprint density at radius 1 is 1.24 bits per heavy atom. The molecule has 1 saturated carbocycles. The normalized spacial score (nSPS) is 30.7. The van der Waals surface area contributed by atoms with Gasteiger partial charge in [-0.2, -0.15) is 21.6 Å². The summed E-state index contributed by atoms with van der Waals surface area (Å²) < 4.78 is 12.1. The molecule has 1 aliphatic carbocycles. The number of hydrogen-bond donors (Lipinski definition) is 1. The number of carbonyl (C=O) groups excluding carboxylic acids is 1. The maximum absolute atomic E-state index is 12.4. The molecule has 2 aliphatic heterocycles. The Morgan fingerprint density at radius 3 is 2.83 bits per heavy atom. The van der Waals surface area contributed by atoms with E-state index in [1.54, 1.807) is 7.05 Å². The number of hydrogen-bond acceptors (Lipinski definition) is 6. The predicted molar refractivity (Wildman–Crippen MR) is 113 cm³/mol. The zero-order valence-corrected chi connectivity index (χ0v) is 17.9. The van der Waals surface area contributed by atoms with E-state index in [1.165, 1.54) is 43.4 Å². The lowest BCUT2D eigenvalue weighted by Gasteiger charge is -2.21. The van der Waals surface area contributed by atoms with Crippen molar-refractivity contribution in [2.75, 3.05) is 20.3 Å². The van der Waals surface area contributed by atoms with E-state index in [0.717, 1.165) is 24.5 Å². The Morgan fingerprint density at radius 2 is 2.07 bits per heavy atom. The summed E-state index contributed by atoms with van der Waals surface area (Å²) in [4.78, 5) is 12.4. The van der Waals surface area contributed by atoms with E-state index >= 15 is 0 Å². The standard InChI is InChI=1S/C22H31N3O3S/c1-23-25-18(11-15-5-3-2-4-6-15)8-7-16-12-27-21-19(13-28-20(16)21)24-22(26)17-9-10-29-14-17/h8-10,14-16,19-21H,2-7,11-13H2,1H3,(H,24,26)/b18-8-,25-23?/t16-,19-,20+,21+/m0/s1. The van der Waals surface area contributed by atoms with Gasteiger partial charge in [-0.3, -0.25) is 4.79 Å². The van der Waals surface area contributed by atoms with E-state index in [-0.39, 0.29) is 24.2 Å². The molecule has 0 aromatic carbocycles. The molecule has 4 rings (SSSR count). The van der Waals surface area contributed by atoms with Crippen LogP contribution in [0.3, 0.4) is 0 Å². The van der Waals surface area contributed by atoms with Gasteiger partial charge in [0, 0.05) is 23.9 Å². The fraction of sp³-hybridized carbons (Fsp3) is 0.682. The number of amides is 1. The molecule has 29 heavy (non-hydrogen) atoms. The Kier molecular flexibility index (Phi) is 7.11. The molecule has 0 unspecified atom stereocenters. The number of nitrogens with one attached hydrogen (secondary N) is 1. The number of thiophene rings is 1. The van der Waals surface area contributed by atoms with Gasteiger partial charge in [-0.1, -0.05) is 38.2 Å². The molecule has 158 valence electrons. The summed E-state index contributed by atoms with van der Waals surface area (Å²) >= 11 is 1.52. The summed E-state index contributed by atoms with van der Waals surface area (Å²) in [6.45, 7) is 1.17. The molecular weight excluding hydrogens is 386 g/mol. The maximum atomic E-state index is 12.4. The average Bonchev–Trinajstić information content (AvgIpc) is 3.47. The van der Waals surface area contributed by atoms with Crippen molar-refractivity contribution in [3.63, 3.8) is 0 Å². The lowest BCUT2D eigenvalue weighted by molar-refractivity contribution is 0.0617. The topological polar surface area (TPSA) is 72.3 Å². The summed E-state index contributed by atoms with van der Waals surface area (Å²) in [5.74, 6) is 0.995. The van der Waals surface area contributed by atoms with Crippen LogP contribution in [0.2, 0.25) is 0 Å². The van der Waals surface area contributed by atoms with Gasteiger partial charge < -0.3 is 14.8 Å². The number of nitrogens with zero attached hydrogens (tertiary/aromatic N) is 2. The highest BCUT2D eigenvalue weighted by atomic mass is 32.1. The van der Waals surface area contributed by atoms with Crippen molar-refractivity contribution >= 4 is 17.2 Å². The van der Waals surface area contributed by atoms with Crippen molar-refractivity contribution < 1.29 is 14.3 Å². The highest BCUT2D eigenvalue weighted by Gasteiger charge is 2.47. The average molecular weight is 418 g/mol. The molecule has 0 bridgehead atoms. The van der Waals surface area contributed by atoms with E-state index in [9.17, 15) is 4.79 Å². The van der Waals surface area contributed by atoms with Gasteiger partial charge in [-0.15, -0.1) is 0 Å². The van der Waals surface area contributed by atoms with E-state index in [4.69, 9.17) is 9.47 Å². The molecule has 2 saturated heterocycles. The fourth-order valence-electron chi connectivity index (χ4n) is 4.82. The van der Waals surface area contributed by atoms with E-state index in [0.29, 0.717) is 24.7 Å². The van der Waals surface area contributed by atoms with E-state index in [2.05, 4.69) is 21.6 Å². The van der Waals surface area contributed by atoms with Gasteiger partial charge in [0.1, 0.15) is 6.10 Å². The van der Waals surface area contributed by atoms with Gasteiger partial charge in [-0.05, 0) is 30.2 Å². The number of rotatable bonds is 7. The number of azo groups is 1. The summed E-state index contributed by atoms with van der Waals surface area (Å²) in [6, 6.07) is 1.76. The Balaban J connectivity index is 1.32. The Hall–Kier alpha value is -1.57. The summed E-state index contributed by atoms with van der Waals surface area (Å²) in [6.07, 6.45) is 10.8. The molecule has 0 radical (unpaired) electrons. The van der Waals surface area contributed by atoms with Crippen molar-refractivity contribution in [3.05, 3.63) is 34.2 Å². The van der Waals surface area contributed by atoms with Crippen LogP contribution in [0.4, 0.5) is 0 Å². The first-order chi connectivity index (χ1) is 14.2. The maximum Gasteiger partial charge on any atom is 0.252 e. The Labute approximate surface area is 176 Å². The predicted octanol–water partition coefficient (Wildman–Crippen LogP) is 4.59. The highest BCUT2D eigenvalue weighted by Crippen LogP contribution is 2.35. The molecule has 3 heterocycles. The van der Waals surface area contributed by atoms with Crippen LogP contribution in [0.1, 0.15) is 55.3 Å². The van der Waals surface area contributed by atoms with Crippen molar-refractivity contribution in [2.45, 2.75) is 63.2 Å². The SMILES string of the molecule is CN=N/C(=C\C[C@H]1CO[C@H]2[C@@H]1OC[C@@H]2NC(=O)c1ccsc1)CC1CCCCC1. The largest absolute Gasteiger partial charge is 0.373 e. The molecular formula is C22H31N3O3S. The second kappa shape index (κ2) is 9.96. The summed E-state index contributed by atoms with van der Waals surface area (Å²) in [7, 11) is 1.74. The lowest BCUT2D eigenvalue weighted by Crippen LogP contribution is -2.43. The first-order valence-electron chi connectivity index (χ1n) is 10.8. The van der Waals surface area contributed by atoms with Crippen molar-refractivity contribution in [3.8, 4) is 0 Å². The molecule has 1 aromatic rings. The number of fused-ring (bicyclic) bond motifs is 1. The van der Waals surface area contributed by atoms with E-state index < -0.39 is 0 Å². The molecule has 7 heteroatoms. The number of carbonyl (C=O) groups is 1. The third kappa shape index (κ3) is 5.13. The second-order valence-corrected chi connectivity index (χ2v) is 9.17. The zero-order valence-electron chi connectivity index (χ0n) is 17.1. The van der Waals surface area contributed by atoms with Crippen LogP contribution < -0.4 is 5.32 Å². The number of ether oxygens (including phenoxy) is 2.